The summed E-state index contributed by atoms with van der Waals surface area (Å²) in [6.07, 6.45) is 2.75. The van der Waals surface area contributed by atoms with E-state index in [1.807, 2.05) is 0 Å². The smallest absolute Gasteiger partial charge is 0.336 e. The Morgan fingerprint density at radius 3 is 2.46 bits per heavy atom. The van der Waals surface area contributed by atoms with Gasteiger partial charge in [-0.2, -0.15) is 5.26 Å². The van der Waals surface area contributed by atoms with E-state index in [-0.39, 0.29) is 28.2 Å². The fourth-order valence-electron chi connectivity index (χ4n) is 4.76. The first-order valence-electron chi connectivity index (χ1n) is 12.9. The van der Waals surface area contributed by atoms with Crippen molar-refractivity contribution < 1.29 is 29.4 Å². The van der Waals surface area contributed by atoms with E-state index in [0.29, 0.717) is 27.1 Å². The predicted octanol–water partition coefficient (Wildman–Crippen LogP) is 6.15. The average molecular weight is 592 g/mol. The molecule has 212 valence electrons. The molecule has 9 nitrogen and oxygen atoms in total. The number of nitrogens with zero attached hydrogens (tertiary/aromatic N) is 1. The summed E-state index contributed by atoms with van der Waals surface area (Å²) in [5, 5.41) is 34.5. The molecule has 41 heavy (non-hydrogen) atoms. The van der Waals surface area contributed by atoms with Gasteiger partial charge in [-0.05, 0) is 72.6 Å². The monoisotopic (exact) mass is 591 g/mol. The number of fused-ring (bicyclic) bond motifs is 1. The minimum absolute atomic E-state index is 0.0786. The molecule has 3 aromatic rings. The van der Waals surface area contributed by atoms with Crippen LogP contribution >= 0.6 is 23.1 Å². The van der Waals surface area contributed by atoms with Gasteiger partial charge >= 0.3 is 11.9 Å². The molecule has 2 aromatic carbocycles. The highest BCUT2D eigenvalue weighted by Crippen LogP contribution is 2.44. The summed E-state index contributed by atoms with van der Waals surface area (Å²) in [6, 6.07) is 12.3. The zero-order valence-corrected chi connectivity index (χ0v) is 24.4. The first kappa shape index (κ1) is 29.8. The zero-order chi connectivity index (χ0) is 29.9. The van der Waals surface area contributed by atoms with Gasteiger partial charge in [0.2, 0.25) is 5.91 Å². The second kappa shape index (κ2) is 12.2. The summed E-state index contributed by atoms with van der Waals surface area (Å²) in [4.78, 5) is 50.3. The number of carbonyl (C=O) groups excluding carboxylic acids is 2. The lowest BCUT2D eigenvalue weighted by atomic mass is 9.72. The van der Waals surface area contributed by atoms with E-state index in [4.69, 9.17) is 5.11 Å². The maximum Gasteiger partial charge on any atom is 0.336 e. The Kier molecular flexibility index (Phi) is 8.85. The number of benzene rings is 2. The number of carboxylic acids is 2. The van der Waals surface area contributed by atoms with Crippen LogP contribution in [0.4, 0.5) is 10.7 Å². The normalized spacial score (nSPS) is 14.4. The Bertz CT molecular complexity index is 1580. The largest absolute Gasteiger partial charge is 0.478 e. The highest BCUT2D eigenvalue weighted by Gasteiger charge is 2.32. The fourth-order valence-corrected chi connectivity index (χ4v) is 6.81. The number of carboxylic acid groups (broad SMARTS) is 2. The summed E-state index contributed by atoms with van der Waals surface area (Å²) < 4.78 is 0. The second-order valence-corrected chi connectivity index (χ2v) is 13.0. The highest BCUT2D eigenvalue weighted by atomic mass is 32.2. The van der Waals surface area contributed by atoms with Gasteiger partial charge in [-0.25, -0.2) is 9.59 Å². The van der Waals surface area contributed by atoms with Gasteiger partial charge in [-0.3, -0.25) is 9.59 Å². The Morgan fingerprint density at radius 2 is 1.80 bits per heavy atom. The van der Waals surface area contributed by atoms with Crippen molar-refractivity contribution in [3.8, 4) is 6.07 Å². The molecule has 0 saturated heterocycles. The molecule has 4 N–H and O–H groups in total. The molecule has 0 saturated carbocycles. The summed E-state index contributed by atoms with van der Waals surface area (Å²) in [6.45, 7) is 6.69. The Hall–Kier alpha value is -4.14. The molecule has 1 heterocycles. The number of thiophene rings is 1. The maximum atomic E-state index is 12.8. The van der Waals surface area contributed by atoms with Crippen molar-refractivity contribution in [1.29, 1.82) is 5.26 Å². The highest BCUT2D eigenvalue weighted by molar-refractivity contribution is 8.00. The summed E-state index contributed by atoms with van der Waals surface area (Å²) >= 11 is 2.73. The molecule has 1 aromatic heterocycles. The van der Waals surface area contributed by atoms with Gasteiger partial charge in [0.1, 0.15) is 11.1 Å². The van der Waals surface area contributed by atoms with E-state index in [2.05, 4.69) is 37.5 Å². The lowest BCUT2D eigenvalue weighted by Gasteiger charge is -2.33. The number of amides is 2. The van der Waals surface area contributed by atoms with Crippen molar-refractivity contribution in [2.24, 2.45) is 11.3 Å². The molecule has 0 aliphatic heterocycles. The molecule has 0 bridgehead atoms. The van der Waals surface area contributed by atoms with Crippen molar-refractivity contribution in [3.05, 3.63) is 75.2 Å². The zero-order valence-electron chi connectivity index (χ0n) is 22.7. The molecule has 2 amide bonds. The number of rotatable bonds is 8. The van der Waals surface area contributed by atoms with E-state index in [1.165, 1.54) is 34.0 Å². The first-order valence-corrected chi connectivity index (χ1v) is 14.7. The van der Waals surface area contributed by atoms with Gasteiger partial charge in [0.25, 0.3) is 5.91 Å². The van der Waals surface area contributed by atoms with Crippen molar-refractivity contribution in [2.75, 3.05) is 16.4 Å². The number of hydrogen-bond acceptors (Lipinski definition) is 7. The standard InChI is InChI=1S/C30H29N3O6S2/c1-30(2,3)17-8-10-20-23(14-31)27(41-24(20)12-17)33-25(34)15-40-19-6-4-5-18(13-19)32-26(35)21-9-7-16(28(36)37)11-22(21)29(38)39/h4-7,9,11,13,17H,8,10,12,15H2,1-3H3,(H,32,35)(H,33,34)(H,36,37)(H,38,39). The van der Waals surface area contributed by atoms with E-state index in [0.717, 1.165) is 37.0 Å². The van der Waals surface area contributed by atoms with Crippen LogP contribution in [-0.2, 0) is 17.6 Å². The van der Waals surface area contributed by atoms with E-state index in [9.17, 15) is 29.5 Å². The molecule has 11 heteroatoms. The number of carbonyl (C=O) groups is 4. The summed E-state index contributed by atoms with van der Waals surface area (Å²) in [5.41, 5.74) is 1.31. The van der Waals surface area contributed by atoms with Gasteiger partial charge in [0.15, 0.2) is 0 Å². The molecule has 0 spiro atoms. The van der Waals surface area contributed by atoms with E-state index < -0.39 is 23.4 Å². The minimum Gasteiger partial charge on any atom is -0.478 e. The third-order valence-electron chi connectivity index (χ3n) is 7.06. The van der Waals surface area contributed by atoms with Crippen LogP contribution in [0.1, 0.15) is 74.3 Å². The van der Waals surface area contributed by atoms with Crippen molar-refractivity contribution in [2.45, 2.75) is 44.9 Å². The SMILES string of the molecule is CC(C)(C)C1CCc2c(sc(NC(=O)CSc3cccc(NC(=O)c4ccc(C(=O)O)cc4C(=O)O)c3)c2C#N)C1. The number of aromatic carboxylic acids is 2. The lowest BCUT2D eigenvalue weighted by Crippen LogP contribution is -2.26. The molecule has 1 unspecified atom stereocenters. The Morgan fingerprint density at radius 1 is 1.05 bits per heavy atom. The summed E-state index contributed by atoms with van der Waals surface area (Å²) in [7, 11) is 0. The molecule has 1 atom stereocenters. The number of hydrogen-bond donors (Lipinski definition) is 4. The first-order chi connectivity index (χ1) is 19.4. The van der Waals surface area contributed by atoms with Crippen LogP contribution in [-0.4, -0.2) is 39.7 Å². The molecular formula is C30H29N3O6S2. The topological polar surface area (TPSA) is 157 Å². The third kappa shape index (κ3) is 6.96. The number of anilines is 2. The van der Waals surface area contributed by atoms with Crippen molar-refractivity contribution in [3.63, 3.8) is 0 Å². The van der Waals surface area contributed by atoms with Crippen LogP contribution in [0.15, 0.2) is 47.4 Å². The molecular weight excluding hydrogens is 562 g/mol. The van der Waals surface area contributed by atoms with Gasteiger partial charge in [0.05, 0.1) is 28.0 Å². The van der Waals surface area contributed by atoms with Crippen molar-refractivity contribution in [1.82, 2.24) is 0 Å². The summed E-state index contributed by atoms with van der Waals surface area (Å²) in [5.74, 6) is -3.09. The molecule has 0 radical (unpaired) electrons. The molecule has 1 aliphatic carbocycles. The van der Waals surface area contributed by atoms with Gasteiger partial charge in [0, 0.05) is 15.5 Å². The van der Waals surface area contributed by atoms with Gasteiger partial charge in [-0.1, -0.05) is 26.8 Å². The quantitative estimate of drug-likeness (QED) is 0.227. The van der Waals surface area contributed by atoms with Crippen LogP contribution in [0, 0.1) is 22.7 Å². The Labute approximate surface area is 245 Å². The van der Waals surface area contributed by atoms with Gasteiger partial charge in [-0.15, -0.1) is 23.1 Å². The van der Waals surface area contributed by atoms with Crippen LogP contribution in [0.5, 0.6) is 0 Å². The van der Waals surface area contributed by atoms with Gasteiger partial charge < -0.3 is 20.8 Å². The average Bonchev–Trinajstić information content (AvgIpc) is 3.27. The van der Waals surface area contributed by atoms with Crippen LogP contribution in [0.25, 0.3) is 0 Å². The second-order valence-electron chi connectivity index (χ2n) is 10.8. The van der Waals surface area contributed by atoms with Crippen LogP contribution in [0.3, 0.4) is 0 Å². The Balaban J connectivity index is 1.40. The van der Waals surface area contributed by atoms with E-state index in [1.54, 1.807) is 24.3 Å². The molecule has 0 fully saturated rings. The van der Waals surface area contributed by atoms with Crippen LogP contribution in [0.2, 0.25) is 0 Å². The lowest BCUT2D eigenvalue weighted by molar-refractivity contribution is -0.113. The third-order valence-corrected chi connectivity index (χ3v) is 9.22. The van der Waals surface area contributed by atoms with E-state index >= 15 is 0 Å². The molecule has 4 rings (SSSR count). The fraction of sp³-hybridized carbons (Fsp3) is 0.300. The minimum atomic E-state index is -1.42. The predicted molar refractivity (Wildman–Crippen MR) is 158 cm³/mol. The number of nitrogens with one attached hydrogen (secondary N) is 2. The van der Waals surface area contributed by atoms with Crippen LogP contribution < -0.4 is 10.6 Å². The molecule has 1 aliphatic rings. The number of nitriles is 1. The number of thioether (sulfide) groups is 1. The van der Waals surface area contributed by atoms with Crippen molar-refractivity contribution >= 4 is 57.5 Å². The maximum absolute atomic E-state index is 12.8.